The standard InChI is InChI=1S/C16H18Br2N2/c1-10-5-4-6-11(2)13(10)8-15(19-3)16-14(18)7-12(17)9-20-16/h4-7,9,15,19H,8H2,1-3H3. The fourth-order valence-corrected chi connectivity index (χ4v) is 3.66. The summed E-state index contributed by atoms with van der Waals surface area (Å²) in [5, 5.41) is 3.37. The van der Waals surface area contributed by atoms with Gasteiger partial charge in [0.25, 0.3) is 0 Å². The molecular formula is C16H18Br2N2. The van der Waals surface area contributed by atoms with Crippen molar-refractivity contribution in [1.29, 1.82) is 0 Å². The topological polar surface area (TPSA) is 24.9 Å². The van der Waals surface area contributed by atoms with Crippen LogP contribution in [0.25, 0.3) is 0 Å². The van der Waals surface area contributed by atoms with Gasteiger partial charge in [0.1, 0.15) is 0 Å². The zero-order chi connectivity index (χ0) is 14.7. The monoisotopic (exact) mass is 396 g/mol. The third-order valence-electron chi connectivity index (χ3n) is 3.57. The molecule has 1 N–H and O–H groups in total. The van der Waals surface area contributed by atoms with Crippen LogP contribution in [0.5, 0.6) is 0 Å². The van der Waals surface area contributed by atoms with E-state index in [2.05, 4.69) is 74.2 Å². The number of halogens is 2. The van der Waals surface area contributed by atoms with Gasteiger partial charge in [-0.15, -0.1) is 0 Å². The van der Waals surface area contributed by atoms with Crippen LogP contribution in [-0.2, 0) is 6.42 Å². The summed E-state index contributed by atoms with van der Waals surface area (Å²) in [7, 11) is 1.98. The summed E-state index contributed by atoms with van der Waals surface area (Å²) in [5.41, 5.74) is 5.10. The Hall–Kier alpha value is -0.710. The molecule has 0 fully saturated rings. The van der Waals surface area contributed by atoms with E-state index in [1.54, 1.807) is 0 Å². The number of rotatable bonds is 4. The molecule has 2 nitrogen and oxygen atoms in total. The second-order valence-corrected chi connectivity index (χ2v) is 6.71. The van der Waals surface area contributed by atoms with E-state index in [1.165, 1.54) is 16.7 Å². The van der Waals surface area contributed by atoms with E-state index in [0.29, 0.717) is 0 Å². The maximum absolute atomic E-state index is 4.55. The molecule has 0 aliphatic carbocycles. The van der Waals surface area contributed by atoms with E-state index in [9.17, 15) is 0 Å². The van der Waals surface area contributed by atoms with Crippen LogP contribution in [0.3, 0.4) is 0 Å². The Morgan fingerprint density at radius 1 is 1.20 bits per heavy atom. The largest absolute Gasteiger partial charge is 0.311 e. The van der Waals surface area contributed by atoms with Gasteiger partial charge in [-0.3, -0.25) is 4.98 Å². The normalized spacial score (nSPS) is 12.4. The first kappa shape index (κ1) is 15.7. The van der Waals surface area contributed by atoms with Crippen LogP contribution in [0.4, 0.5) is 0 Å². The highest BCUT2D eigenvalue weighted by Gasteiger charge is 2.17. The lowest BCUT2D eigenvalue weighted by atomic mass is 9.95. The van der Waals surface area contributed by atoms with Crippen molar-refractivity contribution in [2.24, 2.45) is 0 Å². The van der Waals surface area contributed by atoms with Gasteiger partial charge >= 0.3 is 0 Å². The molecule has 0 amide bonds. The van der Waals surface area contributed by atoms with Crippen LogP contribution in [0, 0.1) is 13.8 Å². The van der Waals surface area contributed by atoms with Gasteiger partial charge in [0.2, 0.25) is 0 Å². The molecule has 106 valence electrons. The van der Waals surface area contributed by atoms with Crippen molar-refractivity contribution < 1.29 is 0 Å². The number of likely N-dealkylation sites (N-methyl/N-ethyl adjacent to an activating group) is 1. The van der Waals surface area contributed by atoms with Crippen molar-refractivity contribution >= 4 is 31.9 Å². The fraction of sp³-hybridized carbons (Fsp3) is 0.312. The minimum absolute atomic E-state index is 0.192. The van der Waals surface area contributed by atoms with Crippen LogP contribution in [-0.4, -0.2) is 12.0 Å². The Labute approximate surface area is 137 Å². The molecule has 1 aromatic heterocycles. The SMILES string of the molecule is CNC(Cc1c(C)cccc1C)c1ncc(Br)cc1Br. The summed E-state index contributed by atoms with van der Waals surface area (Å²) in [4.78, 5) is 4.55. The molecular weight excluding hydrogens is 380 g/mol. The molecule has 0 bridgehead atoms. The number of benzene rings is 1. The van der Waals surface area contributed by atoms with Gasteiger partial charge in [-0.1, -0.05) is 18.2 Å². The molecule has 0 saturated heterocycles. The highest BCUT2D eigenvalue weighted by atomic mass is 79.9. The molecule has 4 heteroatoms. The highest BCUT2D eigenvalue weighted by molar-refractivity contribution is 9.11. The highest BCUT2D eigenvalue weighted by Crippen LogP contribution is 2.28. The van der Waals surface area contributed by atoms with Gasteiger partial charge < -0.3 is 5.32 Å². The summed E-state index contributed by atoms with van der Waals surface area (Å²) in [5.74, 6) is 0. The Bertz CT molecular complexity index is 591. The lowest BCUT2D eigenvalue weighted by Crippen LogP contribution is -2.21. The van der Waals surface area contributed by atoms with Crippen LogP contribution in [0.1, 0.15) is 28.4 Å². The van der Waals surface area contributed by atoms with Crippen molar-refractivity contribution in [3.63, 3.8) is 0 Å². The Balaban J connectivity index is 2.34. The zero-order valence-electron chi connectivity index (χ0n) is 11.9. The summed E-state index contributed by atoms with van der Waals surface area (Å²) in [6.45, 7) is 4.33. The molecule has 1 atom stereocenters. The van der Waals surface area contributed by atoms with Crippen LogP contribution in [0.15, 0.2) is 39.4 Å². The average molecular weight is 398 g/mol. The third kappa shape index (κ3) is 3.48. The van der Waals surface area contributed by atoms with Gasteiger partial charge in [-0.2, -0.15) is 0 Å². The van der Waals surface area contributed by atoms with Crippen molar-refractivity contribution in [3.05, 3.63) is 61.8 Å². The fourth-order valence-electron chi connectivity index (χ4n) is 2.39. The van der Waals surface area contributed by atoms with Crippen molar-refractivity contribution in [2.75, 3.05) is 7.05 Å². The molecule has 0 aliphatic heterocycles. The first-order valence-electron chi connectivity index (χ1n) is 6.56. The first-order valence-corrected chi connectivity index (χ1v) is 8.14. The molecule has 1 aromatic carbocycles. The molecule has 0 radical (unpaired) electrons. The predicted molar refractivity (Wildman–Crippen MR) is 91.1 cm³/mol. The maximum atomic E-state index is 4.55. The smallest absolute Gasteiger partial charge is 0.0719 e. The number of nitrogens with zero attached hydrogens (tertiary/aromatic N) is 1. The summed E-state index contributed by atoms with van der Waals surface area (Å²) in [6.07, 6.45) is 2.78. The van der Waals surface area contributed by atoms with Crippen LogP contribution in [0.2, 0.25) is 0 Å². The summed E-state index contributed by atoms with van der Waals surface area (Å²) in [6, 6.07) is 8.67. The van der Waals surface area contributed by atoms with Gasteiger partial charge in [-0.25, -0.2) is 0 Å². The number of aryl methyl sites for hydroxylation is 2. The van der Waals surface area contributed by atoms with Gasteiger partial charge in [-0.05, 0) is 81.9 Å². The van der Waals surface area contributed by atoms with Crippen molar-refractivity contribution in [1.82, 2.24) is 10.3 Å². The van der Waals surface area contributed by atoms with Crippen LogP contribution >= 0.6 is 31.9 Å². The zero-order valence-corrected chi connectivity index (χ0v) is 15.0. The number of nitrogens with one attached hydrogen (secondary N) is 1. The number of hydrogen-bond donors (Lipinski definition) is 1. The third-order valence-corrected chi connectivity index (χ3v) is 4.64. The Morgan fingerprint density at radius 3 is 2.40 bits per heavy atom. The second-order valence-electron chi connectivity index (χ2n) is 4.94. The second kappa shape index (κ2) is 6.83. The number of pyridine rings is 1. The van der Waals surface area contributed by atoms with E-state index in [0.717, 1.165) is 21.1 Å². The maximum Gasteiger partial charge on any atom is 0.0719 e. The lowest BCUT2D eigenvalue weighted by molar-refractivity contribution is 0.570. The molecule has 2 aromatic rings. The quantitative estimate of drug-likeness (QED) is 0.806. The van der Waals surface area contributed by atoms with Gasteiger partial charge in [0, 0.05) is 15.1 Å². The van der Waals surface area contributed by atoms with E-state index < -0.39 is 0 Å². The summed E-state index contributed by atoms with van der Waals surface area (Å²) >= 11 is 7.05. The first-order chi connectivity index (χ1) is 9.52. The minimum Gasteiger partial charge on any atom is -0.311 e. The lowest BCUT2D eigenvalue weighted by Gasteiger charge is -2.20. The molecule has 1 unspecified atom stereocenters. The average Bonchev–Trinajstić information content (AvgIpc) is 2.40. The van der Waals surface area contributed by atoms with Crippen molar-refractivity contribution in [2.45, 2.75) is 26.3 Å². The Morgan fingerprint density at radius 2 is 1.85 bits per heavy atom. The van der Waals surface area contributed by atoms with E-state index in [4.69, 9.17) is 0 Å². The Kier molecular flexibility index (Phi) is 5.35. The summed E-state index contributed by atoms with van der Waals surface area (Å²) < 4.78 is 2.01. The number of aromatic nitrogens is 1. The van der Waals surface area contributed by atoms with Crippen molar-refractivity contribution in [3.8, 4) is 0 Å². The molecule has 2 rings (SSSR count). The van der Waals surface area contributed by atoms with Crippen LogP contribution < -0.4 is 5.32 Å². The molecule has 0 aliphatic rings. The van der Waals surface area contributed by atoms with Gasteiger partial charge in [0.05, 0.1) is 11.7 Å². The van der Waals surface area contributed by atoms with Gasteiger partial charge in [0.15, 0.2) is 0 Å². The molecule has 20 heavy (non-hydrogen) atoms. The molecule has 0 spiro atoms. The molecule has 0 saturated carbocycles. The minimum atomic E-state index is 0.192. The van der Waals surface area contributed by atoms with E-state index in [-0.39, 0.29) is 6.04 Å². The van der Waals surface area contributed by atoms with E-state index in [1.807, 2.05) is 19.3 Å². The molecule has 1 heterocycles. The van der Waals surface area contributed by atoms with E-state index >= 15 is 0 Å². The number of hydrogen-bond acceptors (Lipinski definition) is 2. The predicted octanol–water partition coefficient (Wildman–Crippen LogP) is 4.73.